The molecule has 0 atom stereocenters. The fraction of sp³-hybridized carbons (Fsp3) is 0.158. The second-order valence-electron chi connectivity index (χ2n) is 5.31. The van der Waals surface area contributed by atoms with E-state index in [1.807, 2.05) is 60.8 Å². The molecular formula is C19H17ClN2O2S. The summed E-state index contributed by atoms with van der Waals surface area (Å²) in [5, 5.41) is 6.34. The smallest absolute Gasteiger partial charge is 0.230 e. The van der Waals surface area contributed by atoms with E-state index in [4.69, 9.17) is 16.3 Å². The van der Waals surface area contributed by atoms with Gasteiger partial charge < -0.3 is 10.1 Å². The van der Waals surface area contributed by atoms with Gasteiger partial charge in [-0.05, 0) is 31.2 Å². The van der Waals surface area contributed by atoms with Gasteiger partial charge in [0, 0.05) is 16.0 Å². The molecule has 3 rings (SSSR count). The average molecular weight is 373 g/mol. The molecule has 1 aromatic heterocycles. The molecule has 0 saturated heterocycles. The summed E-state index contributed by atoms with van der Waals surface area (Å²) in [5.41, 5.74) is 2.39. The lowest BCUT2D eigenvalue weighted by atomic mass is 10.2. The molecule has 128 valence electrons. The predicted octanol–water partition coefficient (Wildman–Crippen LogP) is 5.04. The number of anilines is 1. The summed E-state index contributed by atoms with van der Waals surface area (Å²) < 4.78 is 5.52. The number of nitrogens with one attached hydrogen (secondary N) is 1. The normalized spacial score (nSPS) is 10.5. The zero-order valence-corrected chi connectivity index (χ0v) is 15.2. The van der Waals surface area contributed by atoms with E-state index < -0.39 is 0 Å². The predicted molar refractivity (Wildman–Crippen MR) is 103 cm³/mol. The molecule has 1 amide bonds. The fourth-order valence-corrected chi connectivity index (χ4v) is 3.28. The van der Waals surface area contributed by atoms with Crippen molar-refractivity contribution >= 4 is 34.5 Å². The van der Waals surface area contributed by atoms with Gasteiger partial charge in [-0.15, -0.1) is 11.3 Å². The van der Waals surface area contributed by atoms with Gasteiger partial charge in [-0.3, -0.25) is 4.79 Å². The molecule has 25 heavy (non-hydrogen) atoms. The van der Waals surface area contributed by atoms with Gasteiger partial charge in [0.2, 0.25) is 5.91 Å². The Balaban J connectivity index is 1.67. The molecule has 0 aliphatic heterocycles. The van der Waals surface area contributed by atoms with Crippen LogP contribution in [0.1, 0.15) is 12.6 Å². The number of para-hydroxylation sites is 2. The first-order valence-electron chi connectivity index (χ1n) is 7.87. The zero-order valence-electron chi connectivity index (χ0n) is 13.7. The number of benzene rings is 2. The molecule has 0 unspecified atom stereocenters. The van der Waals surface area contributed by atoms with Crippen molar-refractivity contribution in [1.29, 1.82) is 0 Å². The molecule has 0 saturated carbocycles. The average Bonchev–Trinajstić information content (AvgIpc) is 3.06. The Kier molecular flexibility index (Phi) is 5.68. The van der Waals surface area contributed by atoms with Gasteiger partial charge in [0.15, 0.2) is 0 Å². The fourth-order valence-electron chi connectivity index (χ4n) is 2.32. The van der Waals surface area contributed by atoms with Crippen LogP contribution in [0.3, 0.4) is 0 Å². The minimum Gasteiger partial charge on any atom is -0.492 e. The van der Waals surface area contributed by atoms with Crippen LogP contribution in [0.5, 0.6) is 5.75 Å². The van der Waals surface area contributed by atoms with E-state index >= 15 is 0 Å². The van der Waals surface area contributed by atoms with Gasteiger partial charge >= 0.3 is 0 Å². The Labute approximate surface area is 155 Å². The van der Waals surface area contributed by atoms with Crippen LogP contribution in [0.25, 0.3) is 10.6 Å². The summed E-state index contributed by atoms with van der Waals surface area (Å²) in [6.07, 6.45) is 0.213. The van der Waals surface area contributed by atoms with Gasteiger partial charge in [-0.25, -0.2) is 4.98 Å². The number of aromatic nitrogens is 1. The summed E-state index contributed by atoms with van der Waals surface area (Å²) in [6, 6.07) is 14.9. The SMILES string of the molecule is CCOc1ccccc1NC(=O)Cc1csc(-c2ccc(Cl)cc2)n1. The lowest BCUT2D eigenvalue weighted by Gasteiger charge is -2.10. The molecule has 0 spiro atoms. The van der Waals surface area contributed by atoms with Crippen LogP contribution in [0, 0.1) is 0 Å². The molecular weight excluding hydrogens is 356 g/mol. The summed E-state index contributed by atoms with van der Waals surface area (Å²) in [4.78, 5) is 16.8. The van der Waals surface area contributed by atoms with Gasteiger partial charge in [0.05, 0.1) is 24.4 Å². The Morgan fingerprint density at radius 1 is 1.20 bits per heavy atom. The molecule has 0 radical (unpaired) electrons. The molecule has 0 aliphatic rings. The minimum absolute atomic E-state index is 0.125. The van der Waals surface area contributed by atoms with E-state index in [0.29, 0.717) is 23.1 Å². The molecule has 3 aromatic rings. The van der Waals surface area contributed by atoms with E-state index in [0.717, 1.165) is 16.3 Å². The maximum absolute atomic E-state index is 12.3. The Hall–Kier alpha value is -2.37. The van der Waals surface area contributed by atoms with Crippen molar-refractivity contribution in [2.24, 2.45) is 0 Å². The van der Waals surface area contributed by atoms with Crippen LogP contribution in [-0.4, -0.2) is 17.5 Å². The maximum atomic E-state index is 12.3. The number of ether oxygens (including phenoxy) is 1. The largest absolute Gasteiger partial charge is 0.492 e. The lowest BCUT2D eigenvalue weighted by molar-refractivity contribution is -0.115. The number of hydrogen-bond donors (Lipinski definition) is 1. The van der Waals surface area contributed by atoms with Crippen LogP contribution < -0.4 is 10.1 Å². The third kappa shape index (κ3) is 4.59. The maximum Gasteiger partial charge on any atom is 0.230 e. The first-order valence-corrected chi connectivity index (χ1v) is 9.13. The number of rotatable bonds is 6. The third-order valence-electron chi connectivity index (χ3n) is 3.45. The number of thiazole rings is 1. The van der Waals surface area contributed by atoms with Gasteiger partial charge in [0.25, 0.3) is 0 Å². The second-order valence-corrected chi connectivity index (χ2v) is 6.60. The number of halogens is 1. The summed E-state index contributed by atoms with van der Waals surface area (Å²) in [7, 11) is 0. The lowest BCUT2D eigenvalue weighted by Crippen LogP contribution is -2.15. The highest BCUT2D eigenvalue weighted by molar-refractivity contribution is 7.13. The number of carbonyl (C=O) groups is 1. The summed E-state index contributed by atoms with van der Waals surface area (Å²) >= 11 is 7.41. The molecule has 1 N–H and O–H groups in total. The second kappa shape index (κ2) is 8.14. The van der Waals surface area contributed by atoms with Crippen molar-refractivity contribution in [2.75, 3.05) is 11.9 Å². The van der Waals surface area contributed by atoms with Gasteiger partial charge in [-0.2, -0.15) is 0 Å². The number of carbonyl (C=O) groups excluding carboxylic acids is 1. The molecule has 0 fully saturated rings. The van der Waals surface area contributed by atoms with Crippen LogP contribution >= 0.6 is 22.9 Å². The van der Waals surface area contributed by atoms with Crippen molar-refractivity contribution in [2.45, 2.75) is 13.3 Å². The van der Waals surface area contributed by atoms with Gasteiger partial charge in [-0.1, -0.05) is 35.9 Å². The highest BCUT2D eigenvalue weighted by atomic mass is 35.5. The monoisotopic (exact) mass is 372 g/mol. The van der Waals surface area contributed by atoms with Crippen molar-refractivity contribution < 1.29 is 9.53 Å². The Bertz CT molecular complexity index is 862. The van der Waals surface area contributed by atoms with E-state index in [9.17, 15) is 4.79 Å². The summed E-state index contributed by atoms with van der Waals surface area (Å²) in [5.74, 6) is 0.540. The number of nitrogens with zero attached hydrogens (tertiary/aromatic N) is 1. The first kappa shape index (κ1) is 17.5. The van der Waals surface area contributed by atoms with Crippen LogP contribution in [0.2, 0.25) is 5.02 Å². The van der Waals surface area contributed by atoms with E-state index in [1.54, 1.807) is 0 Å². The molecule has 2 aromatic carbocycles. The molecule has 4 nitrogen and oxygen atoms in total. The number of hydrogen-bond acceptors (Lipinski definition) is 4. The van der Waals surface area contributed by atoms with Crippen molar-refractivity contribution in [3.05, 3.63) is 64.6 Å². The number of amides is 1. The highest BCUT2D eigenvalue weighted by Gasteiger charge is 2.11. The van der Waals surface area contributed by atoms with Crippen LogP contribution in [0.4, 0.5) is 5.69 Å². The van der Waals surface area contributed by atoms with Crippen LogP contribution in [0.15, 0.2) is 53.9 Å². The van der Waals surface area contributed by atoms with E-state index in [1.165, 1.54) is 11.3 Å². The van der Waals surface area contributed by atoms with Crippen molar-refractivity contribution in [3.63, 3.8) is 0 Å². The van der Waals surface area contributed by atoms with Crippen molar-refractivity contribution in [3.8, 4) is 16.3 Å². The topological polar surface area (TPSA) is 51.2 Å². The minimum atomic E-state index is -0.125. The Morgan fingerprint density at radius 3 is 2.72 bits per heavy atom. The standard InChI is InChI=1S/C19H17ClN2O2S/c1-2-24-17-6-4-3-5-16(17)22-18(23)11-15-12-25-19(21-15)13-7-9-14(20)10-8-13/h3-10,12H,2,11H2,1H3,(H,22,23). The van der Waals surface area contributed by atoms with Crippen LogP contribution in [-0.2, 0) is 11.2 Å². The van der Waals surface area contributed by atoms with E-state index in [-0.39, 0.29) is 12.3 Å². The molecule has 0 bridgehead atoms. The third-order valence-corrected chi connectivity index (χ3v) is 4.64. The first-order chi connectivity index (χ1) is 12.2. The summed E-state index contributed by atoms with van der Waals surface area (Å²) in [6.45, 7) is 2.45. The van der Waals surface area contributed by atoms with E-state index in [2.05, 4.69) is 10.3 Å². The quantitative estimate of drug-likeness (QED) is 0.659. The van der Waals surface area contributed by atoms with Crippen molar-refractivity contribution in [1.82, 2.24) is 4.98 Å². The zero-order chi connectivity index (χ0) is 17.6. The molecule has 1 heterocycles. The highest BCUT2D eigenvalue weighted by Crippen LogP contribution is 2.26. The molecule has 0 aliphatic carbocycles. The molecule has 6 heteroatoms. The Morgan fingerprint density at radius 2 is 1.96 bits per heavy atom. The van der Waals surface area contributed by atoms with Gasteiger partial charge in [0.1, 0.15) is 10.8 Å².